The van der Waals surface area contributed by atoms with Crippen LogP contribution in [0, 0.1) is 11.8 Å². The summed E-state index contributed by atoms with van der Waals surface area (Å²) < 4.78 is 0.0852. The lowest BCUT2D eigenvalue weighted by molar-refractivity contribution is -0.118. The number of carbonyl (C=O) groups is 1. The SMILES string of the molecule is CC(C)(C)SCC(=O)NCc1ccccc1C#CCO. The second-order valence-corrected chi connectivity index (χ2v) is 7.10. The van der Waals surface area contributed by atoms with Gasteiger partial charge in [0.25, 0.3) is 0 Å². The van der Waals surface area contributed by atoms with Crippen LogP contribution >= 0.6 is 11.8 Å². The van der Waals surface area contributed by atoms with E-state index in [0.29, 0.717) is 12.3 Å². The quantitative estimate of drug-likeness (QED) is 0.836. The van der Waals surface area contributed by atoms with Gasteiger partial charge in [0.05, 0.1) is 5.75 Å². The molecule has 1 amide bonds. The summed E-state index contributed by atoms with van der Waals surface area (Å²) >= 11 is 1.62. The van der Waals surface area contributed by atoms with E-state index in [2.05, 4.69) is 37.9 Å². The lowest BCUT2D eigenvalue weighted by Gasteiger charge is -2.17. The average molecular weight is 291 g/mol. The molecule has 3 nitrogen and oxygen atoms in total. The number of hydrogen-bond acceptors (Lipinski definition) is 3. The number of nitrogens with one attached hydrogen (secondary N) is 1. The normalized spacial score (nSPS) is 10.6. The minimum Gasteiger partial charge on any atom is -0.384 e. The van der Waals surface area contributed by atoms with E-state index in [1.54, 1.807) is 11.8 Å². The molecule has 0 aliphatic rings. The van der Waals surface area contributed by atoms with Crippen LogP contribution < -0.4 is 5.32 Å². The third-order valence-corrected chi connectivity index (χ3v) is 3.70. The van der Waals surface area contributed by atoms with Crippen molar-refractivity contribution in [1.82, 2.24) is 5.32 Å². The van der Waals surface area contributed by atoms with E-state index in [0.717, 1.165) is 11.1 Å². The van der Waals surface area contributed by atoms with Gasteiger partial charge in [-0.15, -0.1) is 11.8 Å². The van der Waals surface area contributed by atoms with E-state index in [-0.39, 0.29) is 17.3 Å². The van der Waals surface area contributed by atoms with Crippen molar-refractivity contribution in [2.45, 2.75) is 32.1 Å². The van der Waals surface area contributed by atoms with Crippen molar-refractivity contribution in [3.05, 3.63) is 35.4 Å². The van der Waals surface area contributed by atoms with Gasteiger partial charge in [-0.05, 0) is 11.6 Å². The maximum atomic E-state index is 11.8. The van der Waals surface area contributed by atoms with Crippen molar-refractivity contribution in [2.75, 3.05) is 12.4 Å². The van der Waals surface area contributed by atoms with Crippen molar-refractivity contribution in [3.8, 4) is 11.8 Å². The van der Waals surface area contributed by atoms with Gasteiger partial charge in [-0.3, -0.25) is 4.79 Å². The van der Waals surface area contributed by atoms with Gasteiger partial charge in [-0.1, -0.05) is 50.8 Å². The number of aliphatic hydroxyl groups is 1. The molecule has 0 bridgehead atoms. The molecule has 0 saturated heterocycles. The minimum atomic E-state index is -0.164. The fourth-order valence-corrected chi connectivity index (χ4v) is 2.12. The van der Waals surface area contributed by atoms with Gasteiger partial charge in [0.1, 0.15) is 6.61 Å². The molecule has 0 radical (unpaired) electrons. The summed E-state index contributed by atoms with van der Waals surface area (Å²) in [5.41, 5.74) is 1.80. The van der Waals surface area contributed by atoms with Gasteiger partial charge >= 0.3 is 0 Å². The van der Waals surface area contributed by atoms with Crippen LogP contribution in [-0.2, 0) is 11.3 Å². The molecule has 4 heteroatoms. The monoisotopic (exact) mass is 291 g/mol. The molecule has 20 heavy (non-hydrogen) atoms. The lowest BCUT2D eigenvalue weighted by atomic mass is 10.1. The van der Waals surface area contributed by atoms with Crippen LogP contribution in [0.25, 0.3) is 0 Å². The van der Waals surface area contributed by atoms with Gasteiger partial charge in [0, 0.05) is 16.9 Å². The molecule has 1 aromatic carbocycles. The van der Waals surface area contributed by atoms with Crippen LogP contribution in [0.1, 0.15) is 31.9 Å². The van der Waals surface area contributed by atoms with Crippen LogP contribution in [0.15, 0.2) is 24.3 Å². The molecule has 0 aromatic heterocycles. The Morgan fingerprint density at radius 2 is 2.05 bits per heavy atom. The summed E-state index contributed by atoms with van der Waals surface area (Å²) in [6.45, 7) is 6.56. The Kier molecular flexibility index (Phi) is 6.63. The molecule has 0 unspecified atom stereocenters. The Labute approximate surface area is 125 Å². The van der Waals surface area contributed by atoms with E-state index < -0.39 is 0 Å². The zero-order valence-corrected chi connectivity index (χ0v) is 13.0. The highest BCUT2D eigenvalue weighted by Crippen LogP contribution is 2.22. The number of benzene rings is 1. The van der Waals surface area contributed by atoms with Gasteiger partial charge < -0.3 is 10.4 Å². The van der Waals surface area contributed by atoms with Crippen molar-refractivity contribution in [1.29, 1.82) is 0 Å². The highest BCUT2D eigenvalue weighted by Gasteiger charge is 2.13. The van der Waals surface area contributed by atoms with Crippen LogP contribution in [0.4, 0.5) is 0 Å². The molecule has 0 fully saturated rings. The number of rotatable bonds is 4. The molecular formula is C16H21NO2S. The van der Waals surface area contributed by atoms with Gasteiger partial charge in [0.15, 0.2) is 0 Å². The maximum absolute atomic E-state index is 11.8. The molecule has 0 saturated carbocycles. The fraction of sp³-hybridized carbons (Fsp3) is 0.438. The summed E-state index contributed by atoms with van der Waals surface area (Å²) in [7, 11) is 0. The summed E-state index contributed by atoms with van der Waals surface area (Å²) in [6.07, 6.45) is 0. The molecule has 108 valence electrons. The lowest BCUT2D eigenvalue weighted by Crippen LogP contribution is -2.26. The van der Waals surface area contributed by atoms with Gasteiger partial charge in [-0.25, -0.2) is 0 Å². The number of aliphatic hydroxyl groups excluding tert-OH is 1. The minimum absolute atomic E-state index is 0.0230. The molecule has 2 N–H and O–H groups in total. The average Bonchev–Trinajstić information content (AvgIpc) is 2.40. The topological polar surface area (TPSA) is 49.3 Å². The standard InChI is InChI=1S/C16H21NO2S/c1-16(2,3)20-12-15(19)17-11-14-8-5-4-7-13(14)9-6-10-18/h4-5,7-8,18H,10-12H2,1-3H3,(H,17,19). The predicted molar refractivity (Wildman–Crippen MR) is 84.5 cm³/mol. The van der Waals surface area contributed by atoms with Crippen molar-refractivity contribution < 1.29 is 9.90 Å². The fourth-order valence-electron chi connectivity index (χ4n) is 1.46. The summed E-state index contributed by atoms with van der Waals surface area (Å²) in [5.74, 6) is 5.99. The van der Waals surface area contributed by atoms with Crippen LogP contribution in [0.2, 0.25) is 0 Å². The highest BCUT2D eigenvalue weighted by molar-refractivity contribution is 8.01. The smallest absolute Gasteiger partial charge is 0.230 e. The van der Waals surface area contributed by atoms with Crippen LogP contribution in [0.3, 0.4) is 0 Å². The molecule has 0 heterocycles. The Hall–Kier alpha value is -1.44. The maximum Gasteiger partial charge on any atom is 0.230 e. The zero-order chi connectivity index (χ0) is 15.0. The third kappa shape index (κ3) is 6.65. The van der Waals surface area contributed by atoms with E-state index >= 15 is 0 Å². The molecule has 1 aromatic rings. The Bertz CT molecular complexity index is 509. The second kappa shape index (κ2) is 7.98. The van der Waals surface area contributed by atoms with Crippen molar-refractivity contribution >= 4 is 17.7 Å². The Balaban J connectivity index is 2.55. The van der Waals surface area contributed by atoms with E-state index in [9.17, 15) is 4.79 Å². The highest BCUT2D eigenvalue weighted by atomic mass is 32.2. The van der Waals surface area contributed by atoms with Gasteiger partial charge in [0.2, 0.25) is 5.91 Å². The van der Waals surface area contributed by atoms with Crippen molar-refractivity contribution in [2.24, 2.45) is 0 Å². The number of hydrogen-bond donors (Lipinski definition) is 2. The Morgan fingerprint density at radius 3 is 2.70 bits per heavy atom. The molecule has 0 atom stereocenters. The molecule has 0 spiro atoms. The second-order valence-electron chi connectivity index (χ2n) is 5.29. The molecule has 0 aliphatic heterocycles. The van der Waals surface area contributed by atoms with Crippen LogP contribution in [-0.4, -0.2) is 28.1 Å². The van der Waals surface area contributed by atoms with E-state index in [1.165, 1.54) is 0 Å². The van der Waals surface area contributed by atoms with E-state index in [1.807, 2.05) is 24.3 Å². The predicted octanol–water partition coefficient (Wildman–Crippen LogP) is 2.18. The first-order valence-electron chi connectivity index (χ1n) is 6.50. The summed E-state index contributed by atoms with van der Waals surface area (Å²) in [5, 5.41) is 11.6. The third-order valence-electron chi connectivity index (χ3n) is 2.43. The first-order valence-corrected chi connectivity index (χ1v) is 7.49. The summed E-state index contributed by atoms with van der Waals surface area (Å²) in [6, 6.07) is 7.62. The van der Waals surface area contributed by atoms with E-state index in [4.69, 9.17) is 5.11 Å². The summed E-state index contributed by atoms with van der Waals surface area (Å²) in [4.78, 5) is 11.8. The Morgan fingerprint density at radius 1 is 1.35 bits per heavy atom. The zero-order valence-electron chi connectivity index (χ0n) is 12.2. The molecule has 0 aliphatic carbocycles. The number of carbonyl (C=O) groups excluding carboxylic acids is 1. The van der Waals surface area contributed by atoms with Gasteiger partial charge in [-0.2, -0.15) is 0 Å². The molecule has 1 rings (SSSR count). The first kappa shape index (κ1) is 16.6. The first-order chi connectivity index (χ1) is 9.42. The largest absolute Gasteiger partial charge is 0.384 e. The van der Waals surface area contributed by atoms with Crippen molar-refractivity contribution in [3.63, 3.8) is 0 Å². The number of amides is 1. The number of thioether (sulfide) groups is 1. The molecular weight excluding hydrogens is 270 g/mol. The van der Waals surface area contributed by atoms with Crippen LogP contribution in [0.5, 0.6) is 0 Å².